The minimum absolute atomic E-state index is 0.0942. The van der Waals surface area contributed by atoms with Crippen LogP contribution < -0.4 is 10.6 Å². The fourth-order valence-corrected chi connectivity index (χ4v) is 3.71. The molecule has 0 unspecified atom stereocenters. The number of hydrogen-bond donors (Lipinski definition) is 3. The number of ether oxygens (including phenoxy) is 2. The van der Waals surface area contributed by atoms with Gasteiger partial charge in [0.15, 0.2) is 0 Å². The molecule has 3 fully saturated rings. The quantitative estimate of drug-likeness (QED) is 0.684. The third kappa shape index (κ3) is 4.40. The molecule has 0 aromatic carbocycles. The number of rotatable bonds is 6. The Hall–Kier alpha value is -2.29. The van der Waals surface area contributed by atoms with Crippen LogP contribution in [-0.2, 0) is 14.3 Å². The molecule has 1 aliphatic carbocycles. The molecule has 154 valence electrons. The monoisotopic (exact) mass is 391 g/mol. The van der Waals surface area contributed by atoms with Gasteiger partial charge in [-0.15, -0.1) is 0 Å². The zero-order valence-electron chi connectivity index (χ0n) is 16.5. The minimum atomic E-state index is -0.379. The van der Waals surface area contributed by atoms with E-state index in [1.165, 1.54) is 0 Å². The van der Waals surface area contributed by atoms with Gasteiger partial charge < -0.3 is 25.0 Å². The van der Waals surface area contributed by atoms with Gasteiger partial charge in [-0.1, -0.05) is 0 Å². The van der Waals surface area contributed by atoms with Gasteiger partial charge in [0, 0.05) is 31.1 Å². The molecule has 3 heterocycles. The Labute approximate surface area is 164 Å². The van der Waals surface area contributed by atoms with Crippen LogP contribution >= 0.6 is 0 Å². The SMILES string of the molecule is C[C@@H](Nc1cc([C@@H]2C[C@H](OC(=O)NC3(C)CC3)CO2)[nH]n1)C(=O)N1CCCC1. The average Bonchev–Trinajstić information content (AvgIpc) is 3.16. The van der Waals surface area contributed by atoms with Crippen LogP contribution in [0.1, 0.15) is 57.7 Å². The Balaban J connectivity index is 1.26. The lowest BCUT2D eigenvalue weighted by atomic mass is 10.1. The molecule has 9 heteroatoms. The van der Waals surface area contributed by atoms with E-state index in [0.29, 0.717) is 18.8 Å². The number of aromatic amines is 1. The average molecular weight is 391 g/mol. The van der Waals surface area contributed by atoms with E-state index in [0.717, 1.165) is 44.5 Å². The Morgan fingerprint density at radius 2 is 2.14 bits per heavy atom. The molecule has 1 saturated carbocycles. The number of alkyl carbamates (subject to hydrolysis) is 1. The van der Waals surface area contributed by atoms with Gasteiger partial charge >= 0.3 is 6.09 Å². The van der Waals surface area contributed by atoms with Gasteiger partial charge in [-0.2, -0.15) is 5.10 Å². The Kier molecular flexibility index (Phi) is 5.18. The number of amides is 2. The van der Waals surface area contributed by atoms with E-state index < -0.39 is 0 Å². The van der Waals surface area contributed by atoms with Crippen molar-refractivity contribution < 1.29 is 19.1 Å². The lowest BCUT2D eigenvalue weighted by Gasteiger charge is -2.20. The number of likely N-dealkylation sites (tertiary alicyclic amines) is 1. The molecule has 1 aromatic heterocycles. The fourth-order valence-electron chi connectivity index (χ4n) is 3.71. The van der Waals surface area contributed by atoms with E-state index in [2.05, 4.69) is 20.8 Å². The van der Waals surface area contributed by atoms with Crippen molar-refractivity contribution in [2.75, 3.05) is 25.0 Å². The zero-order valence-corrected chi connectivity index (χ0v) is 16.5. The predicted molar refractivity (Wildman–Crippen MR) is 102 cm³/mol. The first-order valence-electron chi connectivity index (χ1n) is 10.1. The van der Waals surface area contributed by atoms with Gasteiger partial charge in [0.05, 0.1) is 12.3 Å². The van der Waals surface area contributed by atoms with Gasteiger partial charge in [-0.05, 0) is 39.5 Å². The number of carbonyl (C=O) groups excluding carboxylic acids is 2. The highest BCUT2D eigenvalue weighted by Gasteiger charge is 2.40. The van der Waals surface area contributed by atoms with Crippen LogP contribution in [0.3, 0.4) is 0 Å². The molecule has 2 aliphatic heterocycles. The second-order valence-corrected chi connectivity index (χ2v) is 8.38. The van der Waals surface area contributed by atoms with E-state index >= 15 is 0 Å². The standard InChI is InChI=1S/C19H29N5O4/c1-12(17(25)24-7-3-4-8-24)20-16-10-14(22-23-16)15-9-13(11-27-15)28-18(26)21-19(2)5-6-19/h10,12-13,15H,3-9,11H2,1-2H3,(H,21,26)(H2,20,22,23)/t12-,13+,15+/m1/s1. The third-order valence-corrected chi connectivity index (χ3v) is 5.73. The number of anilines is 1. The number of nitrogens with zero attached hydrogens (tertiary/aromatic N) is 2. The Bertz CT molecular complexity index is 726. The largest absolute Gasteiger partial charge is 0.444 e. The first kappa shape index (κ1) is 19.0. The maximum Gasteiger partial charge on any atom is 0.407 e. The molecule has 9 nitrogen and oxygen atoms in total. The van der Waals surface area contributed by atoms with Gasteiger partial charge in [0.25, 0.3) is 0 Å². The molecular weight excluding hydrogens is 362 g/mol. The van der Waals surface area contributed by atoms with Crippen LogP contribution in [0.5, 0.6) is 0 Å². The molecule has 1 aromatic rings. The number of carbonyl (C=O) groups is 2. The van der Waals surface area contributed by atoms with Crippen molar-refractivity contribution in [1.29, 1.82) is 0 Å². The molecule has 2 saturated heterocycles. The first-order chi connectivity index (χ1) is 13.4. The van der Waals surface area contributed by atoms with E-state index in [4.69, 9.17) is 9.47 Å². The molecule has 0 spiro atoms. The molecule has 2 amide bonds. The summed E-state index contributed by atoms with van der Waals surface area (Å²) in [5, 5.41) is 13.3. The fraction of sp³-hybridized carbons (Fsp3) is 0.737. The maximum absolute atomic E-state index is 12.4. The summed E-state index contributed by atoms with van der Waals surface area (Å²) in [6, 6.07) is 1.52. The molecule has 0 bridgehead atoms. The van der Waals surface area contributed by atoms with Crippen molar-refractivity contribution in [2.24, 2.45) is 0 Å². The van der Waals surface area contributed by atoms with Crippen molar-refractivity contribution in [3.8, 4) is 0 Å². The normalized spacial score (nSPS) is 26.7. The van der Waals surface area contributed by atoms with Gasteiger partial charge in [0.1, 0.15) is 24.1 Å². The molecular formula is C19H29N5O4. The van der Waals surface area contributed by atoms with E-state index in [1.54, 1.807) is 0 Å². The third-order valence-electron chi connectivity index (χ3n) is 5.73. The summed E-state index contributed by atoms with van der Waals surface area (Å²) in [6.45, 7) is 5.89. The highest BCUT2D eigenvalue weighted by Crippen LogP contribution is 2.35. The second-order valence-electron chi connectivity index (χ2n) is 8.38. The molecule has 3 N–H and O–H groups in total. The Morgan fingerprint density at radius 3 is 2.86 bits per heavy atom. The molecule has 4 rings (SSSR count). The van der Waals surface area contributed by atoms with Crippen molar-refractivity contribution in [1.82, 2.24) is 20.4 Å². The van der Waals surface area contributed by atoms with Crippen LogP contribution in [0.4, 0.5) is 10.6 Å². The summed E-state index contributed by atoms with van der Waals surface area (Å²) in [5.74, 6) is 0.713. The first-order valence-corrected chi connectivity index (χ1v) is 10.1. The zero-order chi connectivity index (χ0) is 19.7. The smallest absolute Gasteiger partial charge is 0.407 e. The lowest BCUT2D eigenvalue weighted by Crippen LogP contribution is -2.39. The minimum Gasteiger partial charge on any atom is -0.444 e. The van der Waals surface area contributed by atoms with E-state index in [1.807, 2.05) is 24.8 Å². The maximum atomic E-state index is 12.4. The molecule has 3 aliphatic rings. The Morgan fingerprint density at radius 1 is 1.39 bits per heavy atom. The van der Waals surface area contributed by atoms with Crippen LogP contribution in [0.25, 0.3) is 0 Å². The van der Waals surface area contributed by atoms with Crippen LogP contribution in [0.15, 0.2) is 6.07 Å². The summed E-state index contributed by atoms with van der Waals surface area (Å²) < 4.78 is 11.2. The number of H-pyrrole nitrogens is 1. The van der Waals surface area contributed by atoms with Crippen molar-refractivity contribution in [3.05, 3.63) is 11.8 Å². The van der Waals surface area contributed by atoms with E-state index in [-0.39, 0.29) is 35.8 Å². The van der Waals surface area contributed by atoms with Crippen LogP contribution in [-0.4, -0.2) is 64.5 Å². The summed E-state index contributed by atoms with van der Waals surface area (Å²) in [7, 11) is 0. The van der Waals surface area contributed by atoms with Crippen molar-refractivity contribution in [2.45, 2.75) is 69.7 Å². The summed E-state index contributed by atoms with van der Waals surface area (Å²) >= 11 is 0. The summed E-state index contributed by atoms with van der Waals surface area (Å²) in [6.07, 6.45) is 3.85. The summed E-state index contributed by atoms with van der Waals surface area (Å²) in [4.78, 5) is 26.2. The predicted octanol–water partition coefficient (Wildman–Crippen LogP) is 1.94. The molecule has 0 radical (unpaired) electrons. The summed E-state index contributed by atoms with van der Waals surface area (Å²) in [5.41, 5.74) is 0.715. The van der Waals surface area contributed by atoms with E-state index in [9.17, 15) is 9.59 Å². The van der Waals surface area contributed by atoms with Gasteiger partial charge in [-0.3, -0.25) is 9.89 Å². The topological polar surface area (TPSA) is 109 Å². The number of nitrogens with one attached hydrogen (secondary N) is 3. The second kappa shape index (κ2) is 7.62. The number of hydrogen-bond acceptors (Lipinski definition) is 6. The highest BCUT2D eigenvalue weighted by atomic mass is 16.6. The van der Waals surface area contributed by atoms with Crippen molar-refractivity contribution >= 4 is 17.8 Å². The lowest BCUT2D eigenvalue weighted by molar-refractivity contribution is -0.130. The van der Waals surface area contributed by atoms with Gasteiger partial charge in [0.2, 0.25) is 5.91 Å². The highest BCUT2D eigenvalue weighted by molar-refractivity contribution is 5.84. The van der Waals surface area contributed by atoms with Crippen LogP contribution in [0.2, 0.25) is 0 Å². The molecule has 28 heavy (non-hydrogen) atoms. The van der Waals surface area contributed by atoms with Crippen LogP contribution in [0, 0.1) is 0 Å². The van der Waals surface area contributed by atoms with Gasteiger partial charge in [-0.25, -0.2) is 4.79 Å². The van der Waals surface area contributed by atoms with Crippen molar-refractivity contribution in [3.63, 3.8) is 0 Å². The molecule has 3 atom stereocenters. The number of aromatic nitrogens is 2.